The van der Waals surface area contributed by atoms with Crippen LogP contribution >= 0.6 is 0 Å². The molecular formula is C15H29N3O2. The van der Waals surface area contributed by atoms with Gasteiger partial charge in [0.25, 0.3) is 0 Å². The highest BCUT2D eigenvalue weighted by Crippen LogP contribution is 2.17. The lowest BCUT2D eigenvalue weighted by Crippen LogP contribution is -2.47. The lowest BCUT2D eigenvalue weighted by atomic mass is 9.93. The van der Waals surface area contributed by atoms with Crippen molar-refractivity contribution in [2.75, 3.05) is 13.1 Å². The van der Waals surface area contributed by atoms with Gasteiger partial charge >= 0.3 is 0 Å². The van der Waals surface area contributed by atoms with Crippen LogP contribution in [0.5, 0.6) is 0 Å². The van der Waals surface area contributed by atoms with E-state index in [4.69, 9.17) is 0 Å². The van der Waals surface area contributed by atoms with Crippen molar-refractivity contribution in [3.05, 3.63) is 0 Å². The molecule has 2 unspecified atom stereocenters. The van der Waals surface area contributed by atoms with Crippen molar-refractivity contribution in [1.29, 1.82) is 0 Å². The van der Waals surface area contributed by atoms with Gasteiger partial charge in [-0.3, -0.25) is 9.59 Å². The van der Waals surface area contributed by atoms with Gasteiger partial charge in [0, 0.05) is 12.5 Å². The van der Waals surface area contributed by atoms with Crippen molar-refractivity contribution >= 4 is 11.8 Å². The molecule has 2 atom stereocenters. The predicted molar refractivity (Wildman–Crippen MR) is 80.3 cm³/mol. The number of rotatable bonds is 7. The Morgan fingerprint density at radius 3 is 2.45 bits per heavy atom. The van der Waals surface area contributed by atoms with Gasteiger partial charge in [0.2, 0.25) is 11.8 Å². The molecule has 0 aliphatic carbocycles. The molecule has 20 heavy (non-hydrogen) atoms. The molecule has 1 saturated heterocycles. The second-order valence-electron chi connectivity index (χ2n) is 5.84. The molecule has 3 N–H and O–H groups in total. The van der Waals surface area contributed by atoms with Gasteiger partial charge < -0.3 is 16.0 Å². The van der Waals surface area contributed by atoms with Crippen LogP contribution in [0.25, 0.3) is 0 Å². The standard InChI is InChI=1S/C15H29N3O2/c1-4-11(2)17-15(20)12(3)18-14(19)6-5-13-7-9-16-10-8-13/h11-13,16H,4-10H2,1-3H3,(H,17,20)(H,18,19). The molecule has 0 aromatic rings. The van der Waals surface area contributed by atoms with Crippen LogP contribution in [0, 0.1) is 5.92 Å². The maximum atomic E-state index is 11.8. The number of carbonyl (C=O) groups is 2. The van der Waals surface area contributed by atoms with Crippen LogP contribution in [-0.4, -0.2) is 37.0 Å². The van der Waals surface area contributed by atoms with E-state index in [0.717, 1.165) is 38.8 Å². The maximum absolute atomic E-state index is 11.8. The minimum atomic E-state index is -0.454. The fourth-order valence-corrected chi connectivity index (χ4v) is 2.35. The number of hydrogen-bond donors (Lipinski definition) is 3. The van der Waals surface area contributed by atoms with E-state index in [0.29, 0.717) is 12.3 Å². The number of amides is 2. The highest BCUT2D eigenvalue weighted by molar-refractivity contribution is 5.87. The molecule has 1 fully saturated rings. The van der Waals surface area contributed by atoms with E-state index in [-0.39, 0.29) is 17.9 Å². The normalized spacial score (nSPS) is 19.1. The van der Waals surface area contributed by atoms with E-state index in [1.807, 2.05) is 13.8 Å². The molecule has 5 heteroatoms. The summed E-state index contributed by atoms with van der Waals surface area (Å²) < 4.78 is 0. The van der Waals surface area contributed by atoms with Gasteiger partial charge in [-0.25, -0.2) is 0 Å². The van der Waals surface area contributed by atoms with Crippen molar-refractivity contribution in [2.45, 2.75) is 65.0 Å². The lowest BCUT2D eigenvalue weighted by Gasteiger charge is -2.22. The Bertz CT molecular complexity index is 314. The third-order valence-electron chi connectivity index (χ3n) is 4.01. The molecule has 1 aliphatic heterocycles. The predicted octanol–water partition coefficient (Wildman–Crippen LogP) is 1.19. The minimum Gasteiger partial charge on any atom is -0.352 e. The summed E-state index contributed by atoms with van der Waals surface area (Å²) in [5, 5.41) is 8.98. The summed E-state index contributed by atoms with van der Waals surface area (Å²) in [6.45, 7) is 7.83. The van der Waals surface area contributed by atoms with Gasteiger partial charge in [-0.05, 0) is 58.5 Å². The summed E-state index contributed by atoms with van der Waals surface area (Å²) in [6.07, 6.45) is 4.63. The molecule has 5 nitrogen and oxygen atoms in total. The van der Waals surface area contributed by atoms with E-state index >= 15 is 0 Å². The first kappa shape index (κ1) is 17.0. The zero-order chi connectivity index (χ0) is 15.0. The van der Waals surface area contributed by atoms with Crippen molar-refractivity contribution < 1.29 is 9.59 Å². The van der Waals surface area contributed by atoms with Gasteiger partial charge in [-0.15, -0.1) is 0 Å². The van der Waals surface area contributed by atoms with Crippen molar-refractivity contribution in [3.8, 4) is 0 Å². The molecule has 0 saturated carbocycles. The topological polar surface area (TPSA) is 70.2 Å². The summed E-state index contributed by atoms with van der Waals surface area (Å²) in [7, 11) is 0. The van der Waals surface area contributed by atoms with E-state index < -0.39 is 6.04 Å². The lowest BCUT2D eigenvalue weighted by molar-refractivity contribution is -0.129. The first-order chi connectivity index (χ1) is 9.52. The first-order valence-electron chi connectivity index (χ1n) is 7.83. The number of hydrogen-bond acceptors (Lipinski definition) is 3. The van der Waals surface area contributed by atoms with Gasteiger partial charge in [-0.2, -0.15) is 0 Å². The monoisotopic (exact) mass is 283 g/mol. The van der Waals surface area contributed by atoms with E-state index in [1.165, 1.54) is 0 Å². The van der Waals surface area contributed by atoms with Crippen LogP contribution in [0.4, 0.5) is 0 Å². The number of nitrogens with one attached hydrogen (secondary N) is 3. The molecule has 0 aromatic heterocycles. The van der Waals surface area contributed by atoms with Gasteiger partial charge in [0.15, 0.2) is 0 Å². The largest absolute Gasteiger partial charge is 0.352 e. The SMILES string of the molecule is CCC(C)NC(=O)C(C)NC(=O)CCC1CCNCC1. The highest BCUT2D eigenvalue weighted by atomic mass is 16.2. The summed E-state index contributed by atoms with van der Waals surface area (Å²) in [5.74, 6) is 0.524. The smallest absolute Gasteiger partial charge is 0.242 e. The van der Waals surface area contributed by atoms with Gasteiger partial charge in [0.05, 0.1) is 0 Å². The third kappa shape index (κ3) is 6.37. The van der Waals surface area contributed by atoms with Crippen LogP contribution < -0.4 is 16.0 Å². The van der Waals surface area contributed by atoms with Crippen molar-refractivity contribution in [2.24, 2.45) is 5.92 Å². The van der Waals surface area contributed by atoms with Crippen LogP contribution in [0.1, 0.15) is 52.9 Å². The molecule has 116 valence electrons. The zero-order valence-corrected chi connectivity index (χ0v) is 13.0. The Kier molecular flexibility index (Phi) is 7.59. The first-order valence-corrected chi connectivity index (χ1v) is 7.83. The summed E-state index contributed by atoms with van der Waals surface area (Å²) in [4.78, 5) is 23.7. The quantitative estimate of drug-likeness (QED) is 0.657. The average molecular weight is 283 g/mol. The molecule has 1 heterocycles. The van der Waals surface area contributed by atoms with E-state index in [2.05, 4.69) is 16.0 Å². The van der Waals surface area contributed by atoms with E-state index in [1.54, 1.807) is 6.92 Å². The van der Waals surface area contributed by atoms with Crippen LogP contribution in [0.15, 0.2) is 0 Å². The van der Waals surface area contributed by atoms with Crippen molar-refractivity contribution in [1.82, 2.24) is 16.0 Å². The maximum Gasteiger partial charge on any atom is 0.242 e. The van der Waals surface area contributed by atoms with Crippen LogP contribution in [-0.2, 0) is 9.59 Å². The molecule has 0 aromatic carbocycles. The highest BCUT2D eigenvalue weighted by Gasteiger charge is 2.18. The molecule has 0 radical (unpaired) electrons. The van der Waals surface area contributed by atoms with Crippen LogP contribution in [0.2, 0.25) is 0 Å². The molecule has 0 spiro atoms. The Morgan fingerprint density at radius 1 is 1.20 bits per heavy atom. The Morgan fingerprint density at radius 2 is 1.85 bits per heavy atom. The summed E-state index contributed by atoms with van der Waals surface area (Å²) in [6, 6.07) is -0.305. The molecule has 0 bridgehead atoms. The molecular weight excluding hydrogens is 254 g/mol. The Hall–Kier alpha value is -1.10. The Balaban J connectivity index is 2.21. The average Bonchev–Trinajstić information content (AvgIpc) is 2.45. The molecule has 1 aliphatic rings. The molecule has 1 rings (SSSR count). The summed E-state index contributed by atoms with van der Waals surface area (Å²) in [5.41, 5.74) is 0. The number of piperidine rings is 1. The summed E-state index contributed by atoms with van der Waals surface area (Å²) >= 11 is 0. The second kappa shape index (κ2) is 8.95. The Labute approximate surface area is 122 Å². The third-order valence-corrected chi connectivity index (χ3v) is 4.01. The fourth-order valence-electron chi connectivity index (χ4n) is 2.35. The molecule has 2 amide bonds. The second-order valence-corrected chi connectivity index (χ2v) is 5.84. The zero-order valence-electron chi connectivity index (χ0n) is 13.0. The van der Waals surface area contributed by atoms with Crippen LogP contribution in [0.3, 0.4) is 0 Å². The minimum absolute atomic E-state index is 0.0182. The number of carbonyl (C=O) groups excluding carboxylic acids is 2. The van der Waals surface area contributed by atoms with Gasteiger partial charge in [0.1, 0.15) is 6.04 Å². The van der Waals surface area contributed by atoms with E-state index in [9.17, 15) is 9.59 Å². The fraction of sp³-hybridized carbons (Fsp3) is 0.867. The van der Waals surface area contributed by atoms with Gasteiger partial charge in [-0.1, -0.05) is 6.92 Å². The van der Waals surface area contributed by atoms with Crippen molar-refractivity contribution in [3.63, 3.8) is 0 Å².